The molecule has 4 heterocycles. The second-order valence-corrected chi connectivity index (χ2v) is 11.1. The van der Waals surface area contributed by atoms with Crippen molar-refractivity contribution < 1.29 is 33.2 Å². The van der Waals surface area contributed by atoms with Crippen LogP contribution in [0.25, 0.3) is 10.9 Å². The van der Waals surface area contributed by atoms with E-state index in [0.29, 0.717) is 13.2 Å². The van der Waals surface area contributed by atoms with Gasteiger partial charge < -0.3 is 33.2 Å². The summed E-state index contributed by atoms with van der Waals surface area (Å²) in [5.74, 6) is -0.383. The molecule has 204 valence electrons. The fourth-order valence-electron chi connectivity index (χ4n) is 5.33. The van der Waals surface area contributed by atoms with Crippen molar-refractivity contribution in [3.63, 3.8) is 0 Å². The molecule has 3 fully saturated rings. The van der Waals surface area contributed by atoms with Crippen LogP contribution in [0.5, 0.6) is 5.75 Å². The van der Waals surface area contributed by atoms with Gasteiger partial charge in [-0.3, -0.25) is 4.98 Å². The van der Waals surface area contributed by atoms with Crippen molar-refractivity contribution in [1.29, 1.82) is 0 Å². The average Bonchev–Trinajstić information content (AvgIpc) is 3.48. The quantitative estimate of drug-likeness (QED) is 0.349. The van der Waals surface area contributed by atoms with Crippen LogP contribution in [-0.4, -0.2) is 67.1 Å². The van der Waals surface area contributed by atoms with Gasteiger partial charge in [-0.25, -0.2) is 0 Å². The van der Waals surface area contributed by atoms with E-state index in [1.165, 1.54) is 12.8 Å². The number of hydrogen-bond acceptors (Lipinski definition) is 8. The summed E-state index contributed by atoms with van der Waals surface area (Å²) in [7, 11) is 0. The summed E-state index contributed by atoms with van der Waals surface area (Å²) in [5.41, 5.74) is 0.993. The molecule has 0 radical (unpaired) electrons. The lowest BCUT2D eigenvalue weighted by atomic mass is 10.1. The summed E-state index contributed by atoms with van der Waals surface area (Å²) in [6.45, 7) is 9.52. The van der Waals surface area contributed by atoms with E-state index in [4.69, 9.17) is 33.2 Å². The summed E-state index contributed by atoms with van der Waals surface area (Å²) in [6.07, 6.45) is 7.12. The van der Waals surface area contributed by atoms with Crippen molar-refractivity contribution in [1.82, 2.24) is 4.98 Å². The Morgan fingerprint density at radius 3 is 2.43 bits per heavy atom. The van der Waals surface area contributed by atoms with E-state index in [0.717, 1.165) is 48.9 Å². The minimum atomic E-state index is -0.677. The third kappa shape index (κ3) is 6.80. The fraction of sp³-hybridized carbons (Fsp3) is 0.690. The number of nitrogens with zero attached hydrogens (tertiary/aromatic N) is 1. The van der Waals surface area contributed by atoms with Crippen LogP contribution in [-0.2, 0) is 28.4 Å². The molecule has 8 heteroatoms. The van der Waals surface area contributed by atoms with Gasteiger partial charge in [0.1, 0.15) is 30.2 Å². The third-order valence-corrected chi connectivity index (χ3v) is 7.12. The number of ether oxygens (including phenoxy) is 7. The topological polar surface area (TPSA) is 77.5 Å². The first-order chi connectivity index (χ1) is 17.8. The van der Waals surface area contributed by atoms with Crippen LogP contribution in [0.2, 0.25) is 0 Å². The molecule has 1 aromatic carbocycles. The molecule has 0 spiro atoms. The zero-order valence-electron chi connectivity index (χ0n) is 22.5. The monoisotopic (exact) mass is 515 g/mol. The highest BCUT2D eigenvalue weighted by Crippen LogP contribution is 2.42. The predicted octanol–water partition coefficient (Wildman–Crippen LogP) is 5.37. The predicted molar refractivity (Wildman–Crippen MR) is 138 cm³/mol. The van der Waals surface area contributed by atoms with Gasteiger partial charge in [-0.1, -0.05) is 31.7 Å². The SMILES string of the molecule is CC1(C)OCC([C@H]2O[C@@H]3OC(C)(C)O[C@@H]3[C@H]2OCCCCCCCCOc2ccc3ncccc3c2)O1. The molecule has 5 atom stereocenters. The first kappa shape index (κ1) is 26.8. The maximum absolute atomic E-state index is 6.34. The molecule has 8 nitrogen and oxygen atoms in total. The van der Waals surface area contributed by atoms with Crippen LogP contribution in [0.15, 0.2) is 36.5 Å². The Morgan fingerprint density at radius 1 is 0.865 bits per heavy atom. The highest BCUT2D eigenvalue weighted by Gasteiger charge is 2.58. The number of rotatable bonds is 12. The molecule has 3 aliphatic rings. The Hall–Kier alpha value is -1.81. The van der Waals surface area contributed by atoms with E-state index >= 15 is 0 Å². The highest BCUT2D eigenvalue weighted by molar-refractivity contribution is 5.79. The molecular formula is C29H41NO7. The van der Waals surface area contributed by atoms with Gasteiger partial charge in [-0.15, -0.1) is 0 Å². The average molecular weight is 516 g/mol. The second-order valence-electron chi connectivity index (χ2n) is 11.1. The highest BCUT2D eigenvalue weighted by atomic mass is 16.8. The number of unbranched alkanes of at least 4 members (excludes halogenated alkanes) is 5. The smallest absolute Gasteiger partial charge is 0.190 e. The molecule has 0 aliphatic carbocycles. The first-order valence-corrected chi connectivity index (χ1v) is 13.7. The van der Waals surface area contributed by atoms with E-state index in [1.54, 1.807) is 0 Å². The van der Waals surface area contributed by atoms with Gasteiger partial charge in [0.25, 0.3) is 0 Å². The van der Waals surface area contributed by atoms with Gasteiger partial charge >= 0.3 is 0 Å². The summed E-state index contributed by atoms with van der Waals surface area (Å²) in [6, 6.07) is 10.1. The van der Waals surface area contributed by atoms with Crippen molar-refractivity contribution >= 4 is 10.9 Å². The normalized spacial score (nSPS) is 30.1. The molecule has 37 heavy (non-hydrogen) atoms. The van der Waals surface area contributed by atoms with E-state index in [1.807, 2.05) is 52.1 Å². The minimum absolute atomic E-state index is 0.200. The third-order valence-electron chi connectivity index (χ3n) is 7.12. The zero-order valence-corrected chi connectivity index (χ0v) is 22.5. The zero-order chi connectivity index (χ0) is 25.9. The minimum Gasteiger partial charge on any atom is -0.494 e. The maximum Gasteiger partial charge on any atom is 0.190 e. The van der Waals surface area contributed by atoms with E-state index in [9.17, 15) is 0 Å². The lowest BCUT2D eigenvalue weighted by Crippen LogP contribution is -2.44. The Labute approximate surface area is 219 Å². The molecule has 0 amide bonds. The lowest BCUT2D eigenvalue weighted by molar-refractivity contribution is -0.236. The number of hydrogen-bond donors (Lipinski definition) is 0. The Kier molecular flexibility index (Phi) is 8.34. The molecule has 0 saturated carbocycles. The van der Waals surface area contributed by atoms with Crippen LogP contribution < -0.4 is 4.74 Å². The molecule has 2 aromatic rings. The van der Waals surface area contributed by atoms with E-state index < -0.39 is 17.9 Å². The molecular weight excluding hydrogens is 474 g/mol. The maximum atomic E-state index is 6.34. The summed E-state index contributed by atoms with van der Waals surface area (Å²) in [4.78, 5) is 4.35. The van der Waals surface area contributed by atoms with Crippen molar-refractivity contribution in [2.75, 3.05) is 19.8 Å². The van der Waals surface area contributed by atoms with Crippen molar-refractivity contribution in [3.05, 3.63) is 36.5 Å². The first-order valence-electron chi connectivity index (χ1n) is 13.7. The van der Waals surface area contributed by atoms with Crippen LogP contribution >= 0.6 is 0 Å². The van der Waals surface area contributed by atoms with E-state index in [2.05, 4.69) is 17.1 Å². The molecule has 1 aromatic heterocycles. The fourth-order valence-corrected chi connectivity index (χ4v) is 5.33. The van der Waals surface area contributed by atoms with Gasteiger partial charge in [0.15, 0.2) is 17.9 Å². The Balaban J connectivity index is 0.974. The molecule has 0 bridgehead atoms. The standard InChI is InChI=1S/C29H41NO7/c1-28(2)33-19-23(35-28)24-25(26-27(34-24)37-29(3,4)36-26)32-17-10-8-6-5-7-9-16-31-21-13-14-22-20(18-21)12-11-15-30-22/h11-15,18,23-27H,5-10,16-17,19H2,1-4H3/t23?,24-,25+,26-,27-/m1/s1. The van der Waals surface area contributed by atoms with Crippen LogP contribution in [0, 0.1) is 0 Å². The van der Waals surface area contributed by atoms with Gasteiger partial charge in [0.05, 0.1) is 18.7 Å². The van der Waals surface area contributed by atoms with Crippen molar-refractivity contribution in [2.24, 2.45) is 0 Å². The second kappa shape index (κ2) is 11.5. The van der Waals surface area contributed by atoms with E-state index in [-0.39, 0.29) is 24.4 Å². The van der Waals surface area contributed by atoms with Gasteiger partial charge in [-0.2, -0.15) is 0 Å². The van der Waals surface area contributed by atoms with Crippen molar-refractivity contribution in [2.45, 2.75) is 108 Å². The van der Waals surface area contributed by atoms with Crippen LogP contribution in [0.4, 0.5) is 0 Å². The summed E-state index contributed by atoms with van der Waals surface area (Å²) in [5, 5.41) is 1.11. The number of aromatic nitrogens is 1. The summed E-state index contributed by atoms with van der Waals surface area (Å²) < 4.78 is 42.4. The van der Waals surface area contributed by atoms with Crippen LogP contribution in [0.1, 0.15) is 66.2 Å². The summed E-state index contributed by atoms with van der Waals surface area (Å²) >= 11 is 0. The molecule has 3 aliphatic heterocycles. The van der Waals surface area contributed by atoms with Gasteiger partial charge in [-0.05, 0) is 64.8 Å². The molecule has 0 N–H and O–H groups in total. The molecule has 1 unspecified atom stereocenters. The Bertz CT molecular complexity index is 1030. The van der Waals surface area contributed by atoms with Crippen molar-refractivity contribution in [3.8, 4) is 5.75 Å². The van der Waals surface area contributed by atoms with Gasteiger partial charge in [0.2, 0.25) is 0 Å². The number of pyridine rings is 1. The van der Waals surface area contributed by atoms with Gasteiger partial charge in [0, 0.05) is 18.2 Å². The molecule has 5 rings (SSSR count). The number of fused-ring (bicyclic) bond motifs is 2. The number of benzene rings is 1. The Morgan fingerprint density at radius 2 is 1.65 bits per heavy atom. The lowest BCUT2D eigenvalue weighted by Gasteiger charge is -2.29. The molecule has 3 saturated heterocycles. The van der Waals surface area contributed by atoms with Crippen LogP contribution in [0.3, 0.4) is 0 Å². The largest absolute Gasteiger partial charge is 0.494 e.